The van der Waals surface area contributed by atoms with Gasteiger partial charge in [0, 0.05) is 5.92 Å². The topological polar surface area (TPSA) is 208 Å². The van der Waals surface area contributed by atoms with Crippen molar-refractivity contribution in [1.29, 1.82) is 0 Å². The Kier molecular flexibility index (Phi) is 9.50. The third-order valence-corrected chi connectivity index (χ3v) is 17.6. The van der Waals surface area contributed by atoms with Gasteiger partial charge in [-0.1, -0.05) is 27.7 Å². The quantitative estimate of drug-likeness (QED) is 0.182. The first-order valence-electron chi connectivity index (χ1n) is 20.7. The molecule has 54 heavy (non-hydrogen) atoms. The molecular weight excluding hydrogens is 700 g/mol. The van der Waals surface area contributed by atoms with Crippen LogP contribution in [0.5, 0.6) is 0 Å². The Balaban J connectivity index is 1.15. The van der Waals surface area contributed by atoms with Gasteiger partial charge in [-0.25, -0.2) is 0 Å². The molecule has 8 rings (SSSR count). The standard InChI is InChI=1S/C41H68O13/c1-19-26(44)28(46)30(48)34(51-19)52-22-15-23-38(7)16-20(42)31(39(8)11-9-25(54-39)36(4,5)49)37(38,6)13-14-40(23)18-41(40)12-10-24(35(2,3)32(22)41)53-33-29(47)27(45)21(43)17-50-33/h19-34,42-49H,9-18H2,1-8H3/t19-,20-,21+,22-,23+,24-,25-,26-,27-,28+,29+,30+,31-,32+,33-,34-,37+,38-,39+,40-,41+/m0/s1. The maximum Gasteiger partial charge on any atom is 0.186 e. The average molecular weight is 769 g/mol. The van der Waals surface area contributed by atoms with Gasteiger partial charge in [0.15, 0.2) is 12.6 Å². The molecule has 310 valence electrons. The molecule has 3 heterocycles. The second-order valence-electron chi connectivity index (χ2n) is 21.0. The van der Waals surface area contributed by atoms with Crippen LogP contribution in [-0.4, -0.2) is 138 Å². The van der Waals surface area contributed by atoms with Gasteiger partial charge in [0.1, 0.15) is 36.6 Å². The van der Waals surface area contributed by atoms with E-state index >= 15 is 0 Å². The fraction of sp³-hybridized carbons (Fsp3) is 1.00. The monoisotopic (exact) mass is 768 g/mol. The predicted octanol–water partition coefficient (Wildman–Crippen LogP) is 1.75. The molecule has 2 spiro atoms. The largest absolute Gasteiger partial charge is 0.393 e. The molecule has 0 radical (unpaired) electrons. The number of hydrogen-bond acceptors (Lipinski definition) is 13. The highest BCUT2D eigenvalue weighted by atomic mass is 16.7. The summed E-state index contributed by atoms with van der Waals surface area (Å²) in [7, 11) is 0. The summed E-state index contributed by atoms with van der Waals surface area (Å²) in [4.78, 5) is 0. The Morgan fingerprint density at radius 3 is 2.04 bits per heavy atom. The van der Waals surface area contributed by atoms with Crippen LogP contribution < -0.4 is 0 Å². The summed E-state index contributed by atoms with van der Waals surface area (Å²) >= 11 is 0. The van der Waals surface area contributed by atoms with E-state index < -0.39 is 90.2 Å². The van der Waals surface area contributed by atoms with Gasteiger partial charge in [-0.2, -0.15) is 0 Å². The van der Waals surface area contributed by atoms with Gasteiger partial charge in [-0.05, 0) is 124 Å². The van der Waals surface area contributed by atoms with Gasteiger partial charge in [0.25, 0.3) is 0 Å². The molecule has 5 saturated carbocycles. The van der Waals surface area contributed by atoms with Crippen LogP contribution >= 0.6 is 0 Å². The van der Waals surface area contributed by atoms with Crippen LogP contribution in [0.25, 0.3) is 0 Å². The Bertz CT molecular complexity index is 1440. The molecule has 13 heteroatoms. The lowest BCUT2D eigenvalue weighted by Crippen LogP contribution is -2.65. The minimum absolute atomic E-state index is 0.0219. The van der Waals surface area contributed by atoms with Crippen LogP contribution in [0, 0.1) is 44.8 Å². The first-order chi connectivity index (χ1) is 25.0. The number of hydrogen-bond donors (Lipinski definition) is 8. The van der Waals surface area contributed by atoms with Crippen molar-refractivity contribution in [2.45, 2.75) is 204 Å². The third kappa shape index (κ3) is 5.43. The molecule has 0 aromatic heterocycles. The van der Waals surface area contributed by atoms with Gasteiger partial charge >= 0.3 is 0 Å². The summed E-state index contributed by atoms with van der Waals surface area (Å²) in [6.45, 7) is 16.3. The van der Waals surface area contributed by atoms with Gasteiger partial charge in [0.2, 0.25) is 0 Å². The van der Waals surface area contributed by atoms with Gasteiger partial charge < -0.3 is 64.5 Å². The van der Waals surface area contributed by atoms with E-state index in [1.54, 1.807) is 20.8 Å². The van der Waals surface area contributed by atoms with E-state index in [-0.39, 0.29) is 52.1 Å². The van der Waals surface area contributed by atoms with E-state index in [2.05, 4.69) is 34.6 Å². The summed E-state index contributed by atoms with van der Waals surface area (Å²) in [6, 6.07) is 0. The molecule has 5 aliphatic carbocycles. The molecule has 13 nitrogen and oxygen atoms in total. The average Bonchev–Trinajstić information content (AvgIpc) is 3.45. The number of ether oxygens (including phenoxy) is 5. The summed E-state index contributed by atoms with van der Waals surface area (Å²) < 4.78 is 32.1. The Morgan fingerprint density at radius 2 is 1.37 bits per heavy atom. The van der Waals surface area contributed by atoms with Crippen molar-refractivity contribution in [2.24, 2.45) is 44.8 Å². The zero-order chi connectivity index (χ0) is 39.3. The molecule has 3 aliphatic heterocycles. The van der Waals surface area contributed by atoms with E-state index in [4.69, 9.17) is 23.7 Å². The minimum atomic E-state index is -1.47. The zero-order valence-electron chi connectivity index (χ0n) is 33.4. The molecule has 0 aromatic carbocycles. The molecule has 3 saturated heterocycles. The second-order valence-corrected chi connectivity index (χ2v) is 21.0. The molecule has 8 N–H and O–H groups in total. The Labute approximate surface area is 319 Å². The van der Waals surface area contributed by atoms with Gasteiger partial charge in [-0.15, -0.1) is 0 Å². The van der Waals surface area contributed by atoms with E-state index in [1.165, 1.54) is 0 Å². The maximum absolute atomic E-state index is 12.2. The van der Waals surface area contributed by atoms with Crippen molar-refractivity contribution in [1.82, 2.24) is 0 Å². The lowest BCUT2D eigenvalue weighted by molar-refractivity contribution is -0.335. The van der Waals surface area contributed by atoms with E-state index in [1.807, 2.05) is 0 Å². The van der Waals surface area contributed by atoms with Crippen molar-refractivity contribution in [2.75, 3.05) is 6.61 Å². The molecule has 0 aromatic rings. The van der Waals surface area contributed by atoms with Crippen molar-refractivity contribution >= 4 is 0 Å². The van der Waals surface area contributed by atoms with Gasteiger partial charge in [0.05, 0.1) is 48.3 Å². The molecule has 0 amide bonds. The van der Waals surface area contributed by atoms with Crippen LogP contribution in [-0.2, 0) is 23.7 Å². The number of aliphatic hydroxyl groups excluding tert-OH is 7. The van der Waals surface area contributed by atoms with E-state index in [0.717, 1.165) is 38.5 Å². The van der Waals surface area contributed by atoms with Crippen LogP contribution in [0.15, 0.2) is 0 Å². The van der Waals surface area contributed by atoms with Crippen molar-refractivity contribution in [3.63, 3.8) is 0 Å². The molecule has 8 fully saturated rings. The molecular formula is C41H68O13. The predicted molar refractivity (Wildman–Crippen MR) is 192 cm³/mol. The number of rotatable bonds is 6. The lowest BCUT2D eigenvalue weighted by atomic mass is 9.41. The van der Waals surface area contributed by atoms with E-state index in [9.17, 15) is 40.9 Å². The van der Waals surface area contributed by atoms with Crippen molar-refractivity contribution in [3.05, 3.63) is 0 Å². The molecule has 8 aliphatic rings. The summed E-state index contributed by atoms with van der Waals surface area (Å²) in [5, 5.41) is 87.1. The second kappa shape index (κ2) is 12.7. The maximum atomic E-state index is 12.2. The molecule has 0 bridgehead atoms. The highest BCUT2D eigenvalue weighted by Crippen LogP contribution is 2.89. The smallest absolute Gasteiger partial charge is 0.186 e. The van der Waals surface area contributed by atoms with Crippen LogP contribution in [0.1, 0.15) is 113 Å². The highest BCUT2D eigenvalue weighted by molar-refractivity contribution is 5.33. The number of aliphatic hydroxyl groups is 8. The highest BCUT2D eigenvalue weighted by Gasteiger charge is 2.85. The van der Waals surface area contributed by atoms with Crippen molar-refractivity contribution < 1.29 is 64.5 Å². The number of fused-ring (bicyclic) bond motifs is 2. The van der Waals surface area contributed by atoms with Crippen molar-refractivity contribution in [3.8, 4) is 0 Å². The van der Waals surface area contributed by atoms with Gasteiger partial charge in [-0.3, -0.25) is 0 Å². The Hall–Kier alpha value is -0.520. The molecule has 21 atom stereocenters. The third-order valence-electron chi connectivity index (χ3n) is 17.6. The van der Waals surface area contributed by atoms with E-state index in [0.29, 0.717) is 19.3 Å². The summed E-state index contributed by atoms with van der Waals surface area (Å²) in [5.41, 5.74) is -2.90. The minimum Gasteiger partial charge on any atom is -0.393 e. The normalized spacial score (nSPS) is 59.6. The SMILES string of the molecule is C[C@@H]1O[C@@H](O[C@H]2C[C@H]3[C@]4(CC[C@]5(C)[C@@H]([C@@]6(C)CC[C@@H](C(C)(C)O)O6)[C@@H](O)C[C@@]35C)C[C@@]43CC[C@H](O[C@@H]4OC[C@@H](O)[C@H](O)[C@H]4O)C(C)(C)[C@@H]23)[C@H](O)[C@H](O)[C@H]1O. The zero-order valence-corrected chi connectivity index (χ0v) is 33.4. The van der Waals surface area contributed by atoms with Crippen LogP contribution in [0.2, 0.25) is 0 Å². The lowest BCUT2D eigenvalue weighted by Gasteiger charge is -2.65. The first-order valence-corrected chi connectivity index (χ1v) is 20.7. The summed E-state index contributed by atoms with van der Waals surface area (Å²) in [5.74, 6) is -0.0738. The van der Waals surface area contributed by atoms with Crippen LogP contribution in [0.3, 0.4) is 0 Å². The first kappa shape index (κ1) is 40.3. The fourth-order valence-electron chi connectivity index (χ4n) is 14.8. The fourth-order valence-corrected chi connectivity index (χ4v) is 14.8. The van der Waals surface area contributed by atoms with Crippen LogP contribution in [0.4, 0.5) is 0 Å². The molecule has 0 unspecified atom stereocenters. The summed E-state index contributed by atoms with van der Waals surface area (Å²) in [6.07, 6.45) is -5.87. The Morgan fingerprint density at radius 1 is 0.685 bits per heavy atom.